The fourth-order valence-corrected chi connectivity index (χ4v) is 2.14. The van der Waals surface area contributed by atoms with Gasteiger partial charge in [0.05, 0.1) is 6.04 Å². The second-order valence-corrected chi connectivity index (χ2v) is 5.42. The van der Waals surface area contributed by atoms with E-state index >= 15 is 0 Å². The SMILES string of the molecule is Cc1nc(N)nc(NC(c2ccc(Cl)cc2)C(C)C)n1. The molecule has 1 unspecified atom stereocenters. The van der Waals surface area contributed by atoms with Crippen LogP contribution in [0.1, 0.15) is 31.3 Å². The van der Waals surface area contributed by atoms with Crippen molar-refractivity contribution < 1.29 is 0 Å². The van der Waals surface area contributed by atoms with Crippen LogP contribution in [0.5, 0.6) is 0 Å². The first-order chi connectivity index (χ1) is 9.45. The molecule has 2 rings (SSSR count). The maximum Gasteiger partial charge on any atom is 0.228 e. The maximum atomic E-state index is 5.93. The molecule has 0 saturated heterocycles. The van der Waals surface area contributed by atoms with E-state index in [1.54, 1.807) is 6.92 Å². The molecule has 2 aromatic rings. The van der Waals surface area contributed by atoms with Gasteiger partial charge in [0.1, 0.15) is 5.82 Å². The Morgan fingerprint density at radius 1 is 1.10 bits per heavy atom. The summed E-state index contributed by atoms with van der Waals surface area (Å²) in [4.78, 5) is 12.3. The van der Waals surface area contributed by atoms with Crippen molar-refractivity contribution in [2.75, 3.05) is 11.1 Å². The van der Waals surface area contributed by atoms with E-state index in [9.17, 15) is 0 Å². The topological polar surface area (TPSA) is 76.7 Å². The predicted octanol–water partition coefficient (Wildman–Crippen LogP) is 3.22. The molecule has 0 aliphatic heterocycles. The van der Waals surface area contributed by atoms with E-state index in [2.05, 4.69) is 34.1 Å². The third-order valence-electron chi connectivity index (χ3n) is 2.94. The van der Waals surface area contributed by atoms with Crippen LogP contribution >= 0.6 is 11.6 Å². The van der Waals surface area contributed by atoms with Crippen LogP contribution < -0.4 is 11.1 Å². The van der Waals surface area contributed by atoms with Crippen molar-refractivity contribution in [3.63, 3.8) is 0 Å². The van der Waals surface area contributed by atoms with Gasteiger partial charge in [0.15, 0.2) is 0 Å². The van der Waals surface area contributed by atoms with Crippen LogP contribution in [0.15, 0.2) is 24.3 Å². The lowest BCUT2D eigenvalue weighted by Gasteiger charge is -2.23. The number of anilines is 2. The average molecular weight is 292 g/mol. The molecule has 0 aliphatic rings. The molecule has 0 bridgehead atoms. The molecule has 1 aromatic carbocycles. The number of nitrogens with two attached hydrogens (primary N) is 1. The number of halogens is 1. The number of benzene rings is 1. The fraction of sp³-hybridized carbons (Fsp3) is 0.357. The summed E-state index contributed by atoms with van der Waals surface area (Å²) in [5, 5.41) is 4.03. The van der Waals surface area contributed by atoms with Gasteiger partial charge in [-0.3, -0.25) is 0 Å². The summed E-state index contributed by atoms with van der Waals surface area (Å²) >= 11 is 5.93. The number of nitrogens with one attached hydrogen (secondary N) is 1. The first-order valence-electron chi connectivity index (χ1n) is 6.46. The van der Waals surface area contributed by atoms with Crippen LogP contribution in [-0.2, 0) is 0 Å². The average Bonchev–Trinajstić information content (AvgIpc) is 2.36. The monoisotopic (exact) mass is 291 g/mol. The molecule has 1 heterocycles. The molecule has 0 spiro atoms. The Hall–Kier alpha value is -1.88. The molecule has 106 valence electrons. The molecule has 1 atom stereocenters. The Bertz CT molecular complexity index is 562. The van der Waals surface area contributed by atoms with Crippen molar-refractivity contribution in [3.8, 4) is 0 Å². The van der Waals surface area contributed by atoms with Gasteiger partial charge in [0.25, 0.3) is 0 Å². The molecule has 0 saturated carbocycles. The van der Waals surface area contributed by atoms with Gasteiger partial charge in [-0.05, 0) is 30.5 Å². The number of nitrogens with zero attached hydrogens (tertiary/aromatic N) is 3. The molecule has 6 heteroatoms. The minimum atomic E-state index is 0.0773. The highest BCUT2D eigenvalue weighted by atomic mass is 35.5. The summed E-state index contributed by atoms with van der Waals surface area (Å²) < 4.78 is 0. The lowest BCUT2D eigenvalue weighted by molar-refractivity contribution is 0.542. The van der Waals surface area contributed by atoms with Gasteiger partial charge < -0.3 is 11.1 Å². The minimum Gasteiger partial charge on any atom is -0.368 e. The third-order valence-corrected chi connectivity index (χ3v) is 3.20. The van der Waals surface area contributed by atoms with Crippen LogP contribution in [0.4, 0.5) is 11.9 Å². The summed E-state index contributed by atoms with van der Waals surface area (Å²) in [6, 6.07) is 7.82. The second-order valence-electron chi connectivity index (χ2n) is 4.98. The van der Waals surface area contributed by atoms with Crippen LogP contribution in [0.2, 0.25) is 5.02 Å². The van der Waals surface area contributed by atoms with Gasteiger partial charge in [0.2, 0.25) is 11.9 Å². The second kappa shape index (κ2) is 6.05. The lowest BCUT2D eigenvalue weighted by atomic mass is 9.96. The van der Waals surface area contributed by atoms with Crippen molar-refractivity contribution in [1.82, 2.24) is 15.0 Å². The van der Waals surface area contributed by atoms with Gasteiger partial charge in [-0.25, -0.2) is 0 Å². The number of aryl methyl sites for hydroxylation is 1. The quantitative estimate of drug-likeness (QED) is 0.904. The Kier molecular flexibility index (Phi) is 4.39. The van der Waals surface area contributed by atoms with E-state index in [1.165, 1.54) is 0 Å². The van der Waals surface area contributed by atoms with Gasteiger partial charge in [0, 0.05) is 5.02 Å². The number of hydrogen-bond acceptors (Lipinski definition) is 5. The van der Waals surface area contributed by atoms with E-state index in [-0.39, 0.29) is 12.0 Å². The zero-order valence-corrected chi connectivity index (χ0v) is 12.5. The Morgan fingerprint density at radius 3 is 2.30 bits per heavy atom. The molecular weight excluding hydrogens is 274 g/mol. The number of rotatable bonds is 4. The highest BCUT2D eigenvalue weighted by Crippen LogP contribution is 2.26. The normalized spacial score (nSPS) is 12.4. The van der Waals surface area contributed by atoms with Crippen molar-refractivity contribution in [2.24, 2.45) is 5.92 Å². The molecular formula is C14H18ClN5. The van der Waals surface area contributed by atoms with Crippen molar-refractivity contribution in [3.05, 3.63) is 40.7 Å². The Balaban J connectivity index is 2.27. The van der Waals surface area contributed by atoms with E-state index in [0.29, 0.717) is 17.7 Å². The Morgan fingerprint density at radius 2 is 1.75 bits per heavy atom. The molecule has 0 aliphatic carbocycles. The first kappa shape index (κ1) is 14.5. The first-order valence-corrected chi connectivity index (χ1v) is 6.83. The lowest BCUT2D eigenvalue weighted by Crippen LogP contribution is -2.19. The van der Waals surface area contributed by atoms with Gasteiger partial charge in [-0.1, -0.05) is 37.6 Å². The molecule has 0 radical (unpaired) electrons. The molecule has 0 amide bonds. The minimum absolute atomic E-state index is 0.0773. The van der Waals surface area contributed by atoms with Crippen LogP contribution in [-0.4, -0.2) is 15.0 Å². The van der Waals surface area contributed by atoms with Crippen molar-refractivity contribution in [2.45, 2.75) is 26.8 Å². The van der Waals surface area contributed by atoms with Crippen molar-refractivity contribution in [1.29, 1.82) is 0 Å². The smallest absolute Gasteiger partial charge is 0.228 e. The largest absolute Gasteiger partial charge is 0.368 e. The summed E-state index contributed by atoms with van der Waals surface area (Å²) in [6.07, 6.45) is 0. The van der Waals surface area contributed by atoms with E-state index in [0.717, 1.165) is 10.6 Å². The van der Waals surface area contributed by atoms with Crippen molar-refractivity contribution >= 4 is 23.5 Å². The number of aromatic nitrogens is 3. The molecule has 1 aromatic heterocycles. The van der Waals surface area contributed by atoms with E-state index < -0.39 is 0 Å². The zero-order valence-electron chi connectivity index (χ0n) is 11.8. The van der Waals surface area contributed by atoms with Crippen LogP contribution in [0.3, 0.4) is 0 Å². The number of hydrogen-bond donors (Lipinski definition) is 2. The van der Waals surface area contributed by atoms with Gasteiger partial charge in [-0.2, -0.15) is 15.0 Å². The summed E-state index contributed by atoms with van der Waals surface area (Å²) in [5.74, 6) is 1.66. The highest BCUT2D eigenvalue weighted by Gasteiger charge is 2.17. The summed E-state index contributed by atoms with van der Waals surface area (Å²) in [6.45, 7) is 6.04. The summed E-state index contributed by atoms with van der Waals surface area (Å²) in [5.41, 5.74) is 6.78. The standard InChI is InChI=1S/C14H18ClN5/c1-8(2)12(10-4-6-11(15)7-5-10)19-14-18-9(3)17-13(16)20-14/h4-8,12H,1-3H3,(H3,16,17,18,19,20). The van der Waals surface area contributed by atoms with Crippen LogP contribution in [0.25, 0.3) is 0 Å². The number of nitrogen functional groups attached to an aromatic ring is 1. The fourth-order valence-electron chi connectivity index (χ4n) is 2.01. The molecule has 5 nitrogen and oxygen atoms in total. The molecule has 0 fully saturated rings. The van der Waals surface area contributed by atoms with Crippen LogP contribution in [0, 0.1) is 12.8 Å². The summed E-state index contributed by atoms with van der Waals surface area (Å²) in [7, 11) is 0. The zero-order chi connectivity index (χ0) is 14.7. The van der Waals surface area contributed by atoms with E-state index in [4.69, 9.17) is 17.3 Å². The van der Waals surface area contributed by atoms with Gasteiger partial charge >= 0.3 is 0 Å². The van der Waals surface area contributed by atoms with E-state index in [1.807, 2.05) is 24.3 Å². The predicted molar refractivity (Wildman–Crippen MR) is 81.6 cm³/mol. The Labute approximate surface area is 123 Å². The highest BCUT2D eigenvalue weighted by molar-refractivity contribution is 6.30. The van der Waals surface area contributed by atoms with Gasteiger partial charge in [-0.15, -0.1) is 0 Å². The molecule has 3 N–H and O–H groups in total. The molecule has 20 heavy (non-hydrogen) atoms. The maximum absolute atomic E-state index is 5.93. The third kappa shape index (κ3) is 3.57.